The second-order valence-electron chi connectivity index (χ2n) is 4.91. The molecule has 0 spiro atoms. The smallest absolute Gasteiger partial charge is 0.307 e. The summed E-state index contributed by atoms with van der Waals surface area (Å²) in [4.78, 5) is 25.4. The average Bonchev–Trinajstić information content (AvgIpc) is 2.93. The normalized spacial score (nSPS) is 17.3. The summed E-state index contributed by atoms with van der Waals surface area (Å²) in [6.07, 6.45) is 0.183. The lowest BCUT2D eigenvalue weighted by Gasteiger charge is -2.25. The van der Waals surface area contributed by atoms with E-state index in [0.29, 0.717) is 30.4 Å². The van der Waals surface area contributed by atoms with Crippen molar-refractivity contribution < 1.29 is 23.8 Å². The van der Waals surface area contributed by atoms with Crippen molar-refractivity contribution in [2.75, 3.05) is 33.1 Å². The fourth-order valence-corrected chi connectivity index (χ4v) is 3.66. The Bertz CT molecular complexity index is 578. The number of thioether (sulfide) groups is 1. The van der Waals surface area contributed by atoms with Gasteiger partial charge in [-0.15, -0.1) is 11.8 Å². The predicted octanol–water partition coefficient (Wildman–Crippen LogP) is 2.23. The van der Waals surface area contributed by atoms with Crippen molar-refractivity contribution in [2.45, 2.75) is 18.7 Å². The van der Waals surface area contributed by atoms with E-state index in [4.69, 9.17) is 14.2 Å². The van der Waals surface area contributed by atoms with Crippen LogP contribution < -0.4 is 9.47 Å². The minimum absolute atomic E-state index is 0.00849. The average molecular weight is 339 g/mol. The monoisotopic (exact) mass is 339 g/mol. The van der Waals surface area contributed by atoms with Gasteiger partial charge in [0, 0.05) is 12.1 Å². The Labute approximate surface area is 140 Å². The zero-order chi connectivity index (χ0) is 16.8. The van der Waals surface area contributed by atoms with Gasteiger partial charge in [0.1, 0.15) is 16.9 Å². The number of methoxy groups -OCH3 is 2. The minimum atomic E-state index is -0.298. The third-order valence-corrected chi connectivity index (χ3v) is 4.77. The third-order valence-electron chi connectivity index (χ3n) is 3.53. The molecule has 1 saturated heterocycles. The summed E-state index contributed by atoms with van der Waals surface area (Å²) < 4.78 is 15.6. The Morgan fingerprint density at radius 3 is 2.78 bits per heavy atom. The predicted molar refractivity (Wildman–Crippen MR) is 87.7 cm³/mol. The van der Waals surface area contributed by atoms with Gasteiger partial charge in [0.05, 0.1) is 33.0 Å². The fraction of sp³-hybridized carbons (Fsp3) is 0.500. The minimum Gasteiger partial charge on any atom is -0.497 e. The van der Waals surface area contributed by atoms with Crippen LogP contribution in [-0.4, -0.2) is 49.9 Å². The third kappa shape index (κ3) is 4.10. The van der Waals surface area contributed by atoms with Crippen LogP contribution in [0, 0.1) is 0 Å². The molecule has 1 amide bonds. The first-order chi connectivity index (χ1) is 11.1. The number of esters is 1. The fourth-order valence-electron chi connectivity index (χ4n) is 2.43. The molecule has 1 unspecified atom stereocenters. The molecule has 1 aromatic carbocycles. The molecule has 0 saturated carbocycles. The van der Waals surface area contributed by atoms with Gasteiger partial charge in [0.15, 0.2) is 0 Å². The van der Waals surface area contributed by atoms with Crippen LogP contribution in [0.2, 0.25) is 0 Å². The highest BCUT2D eigenvalue weighted by molar-refractivity contribution is 8.00. The molecule has 0 aromatic heterocycles. The van der Waals surface area contributed by atoms with Crippen LogP contribution in [0.3, 0.4) is 0 Å². The van der Waals surface area contributed by atoms with Crippen LogP contribution in [0.5, 0.6) is 11.5 Å². The van der Waals surface area contributed by atoms with E-state index in [9.17, 15) is 9.59 Å². The molecule has 0 radical (unpaired) electrons. The van der Waals surface area contributed by atoms with Gasteiger partial charge in [0.2, 0.25) is 5.91 Å². The second-order valence-corrected chi connectivity index (χ2v) is 5.98. The Hall–Kier alpha value is -1.89. The van der Waals surface area contributed by atoms with E-state index in [2.05, 4.69) is 0 Å². The molecule has 1 aromatic rings. The van der Waals surface area contributed by atoms with Gasteiger partial charge in [0.25, 0.3) is 0 Å². The Kier molecular flexibility index (Phi) is 6.15. The van der Waals surface area contributed by atoms with Crippen molar-refractivity contribution >= 4 is 23.6 Å². The van der Waals surface area contributed by atoms with Gasteiger partial charge in [-0.25, -0.2) is 0 Å². The summed E-state index contributed by atoms with van der Waals surface area (Å²) in [6.45, 7) is 2.43. The maximum Gasteiger partial charge on any atom is 0.307 e. The summed E-state index contributed by atoms with van der Waals surface area (Å²) in [6, 6.07) is 5.50. The van der Waals surface area contributed by atoms with Gasteiger partial charge < -0.3 is 19.1 Å². The standard InChI is InChI=1S/C16H21NO5S/c1-4-22-15(19)7-8-17-14(18)10-23-16(17)12-9-11(20-2)5-6-13(12)21-3/h5-6,9,16H,4,7-8,10H2,1-3H3. The highest BCUT2D eigenvalue weighted by atomic mass is 32.2. The van der Waals surface area contributed by atoms with Crippen LogP contribution in [0.25, 0.3) is 0 Å². The van der Waals surface area contributed by atoms with E-state index >= 15 is 0 Å². The Balaban J connectivity index is 2.19. The van der Waals surface area contributed by atoms with Gasteiger partial charge in [-0.05, 0) is 25.1 Å². The summed E-state index contributed by atoms with van der Waals surface area (Å²) in [5.41, 5.74) is 0.867. The molecule has 0 bridgehead atoms. The van der Waals surface area contributed by atoms with Crippen LogP contribution in [-0.2, 0) is 14.3 Å². The van der Waals surface area contributed by atoms with Gasteiger partial charge in [-0.3, -0.25) is 9.59 Å². The number of benzene rings is 1. The molecule has 0 N–H and O–H groups in total. The second kappa shape index (κ2) is 8.10. The number of amides is 1. The van der Waals surface area contributed by atoms with Crippen LogP contribution in [0.15, 0.2) is 18.2 Å². The van der Waals surface area contributed by atoms with E-state index in [1.807, 2.05) is 18.2 Å². The van der Waals surface area contributed by atoms with Crippen molar-refractivity contribution in [3.63, 3.8) is 0 Å². The SMILES string of the molecule is CCOC(=O)CCN1C(=O)CSC1c1cc(OC)ccc1OC. The Morgan fingerprint density at radius 1 is 1.35 bits per heavy atom. The summed E-state index contributed by atoms with van der Waals surface area (Å²) >= 11 is 1.51. The van der Waals surface area contributed by atoms with Crippen LogP contribution in [0.4, 0.5) is 0 Å². The quantitative estimate of drug-likeness (QED) is 0.710. The lowest BCUT2D eigenvalue weighted by atomic mass is 10.1. The maximum atomic E-state index is 12.2. The molecule has 1 heterocycles. The summed E-state index contributed by atoms with van der Waals surface area (Å²) in [5, 5.41) is -0.193. The molecule has 1 atom stereocenters. The molecule has 2 rings (SSSR count). The number of rotatable bonds is 7. The number of hydrogen-bond donors (Lipinski definition) is 0. The van der Waals surface area contributed by atoms with Crippen LogP contribution >= 0.6 is 11.8 Å². The van der Waals surface area contributed by atoms with Crippen molar-refractivity contribution in [1.82, 2.24) is 4.90 Å². The van der Waals surface area contributed by atoms with E-state index in [1.165, 1.54) is 11.8 Å². The number of carbonyl (C=O) groups is 2. The molecular weight excluding hydrogens is 318 g/mol. The van der Waals surface area contributed by atoms with Crippen molar-refractivity contribution in [1.29, 1.82) is 0 Å². The first-order valence-electron chi connectivity index (χ1n) is 7.39. The molecule has 126 valence electrons. The first-order valence-corrected chi connectivity index (χ1v) is 8.44. The van der Waals surface area contributed by atoms with E-state index in [0.717, 1.165) is 5.56 Å². The zero-order valence-electron chi connectivity index (χ0n) is 13.5. The maximum absolute atomic E-state index is 12.2. The number of hydrogen-bond acceptors (Lipinski definition) is 6. The van der Waals surface area contributed by atoms with Gasteiger partial charge >= 0.3 is 5.97 Å². The topological polar surface area (TPSA) is 65.1 Å². The molecular formula is C16H21NO5S. The van der Waals surface area contributed by atoms with Crippen molar-refractivity contribution in [3.8, 4) is 11.5 Å². The molecule has 1 fully saturated rings. The summed E-state index contributed by atoms with van der Waals surface area (Å²) in [5.74, 6) is 1.49. The highest BCUT2D eigenvalue weighted by Crippen LogP contribution is 2.43. The van der Waals surface area contributed by atoms with E-state index in [1.54, 1.807) is 26.0 Å². The zero-order valence-corrected chi connectivity index (χ0v) is 14.4. The lowest BCUT2D eigenvalue weighted by molar-refractivity contribution is -0.143. The highest BCUT2D eigenvalue weighted by Gasteiger charge is 2.35. The number of carbonyl (C=O) groups excluding carboxylic acids is 2. The van der Waals surface area contributed by atoms with Crippen molar-refractivity contribution in [3.05, 3.63) is 23.8 Å². The van der Waals surface area contributed by atoms with E-state index in [-0.39, 0.29) is 23.7 Å². The molecule has 0 aliphatic carbocycles. The van der Waals surface area contributed by atoms with Gasteiger partial charge in [-0.1, -0.05) is 0 Å². The van der Waals surface area contributed by atoms with Crippen molar-refractivity contribution in [2.24, 2.45) is 0 Å². The van der Waals surface area contributed by atoms with Crippen LogP contribution in [0.1, 0.15) is 24.3 Å². The van der Waals surface area contributed by atoms with Gasteiger partial charge in [-0.2, -0.15) is 0 Å². The molecule has 6 nitrogen and oxygen atoms in total. The lowest BCUT2D eigenvalue weighted by Crippen LogP contribution is -2.31. The molecule has 1 aliphatic rings. The molecule has 1 aliphatic heterocycles. The van der Waals surface area contributed by atoms with E-state index < -0.39 is 0 Å². The molecule has 23 heavy (non-hydrogen) atoms. The molecule has 7 heteroatoms. The largest absolute Gasteiger partial charge is 0.497 e. The number of ether oxygens (including phenoxy) is 3. The summed E-state index contributed by atoms with van der Waals surface area (Å²) in [7, 11) is 3.19. The number of nitrogens with zero attached hydrogens (tertiary/aromatic N) is 1. The first kappa shape index (κ1) is 17.5. The Morgan fingerprint density at radius 2 is 2.13 bits per heavy atom.